The van der Waals surface area contributed by atoms with Crippen LogP contribution in [-0.2, 0) is 14.8 Å². The Hall–Kier alpha value is -1.64. The highest BCUT2D eigenvalue weighted by Gasteiger charge is 2.06. The summed E-state index contributed by atoms with van der Waals surface area (Å²) in [6, 6.07) is 7.16. The second-order valence-electron chi connectivity index (χ2n) is 5.12. The van der Waals surface area contributed by atoms with Gasteiger partial charge in [0.25, 0.3) is 0 Å². The number of sulfonamides is 1. The third-order valence-electron chi connectivity index (χ3n) is 3.04. The zero-order chi connectivity index (χ0) is 16.7. The van der Waals surface area contributed by atoms with Gasteiger partial charge in [-0.2, -0.15) is 0 Å². The minimum absolute atomic E-state index is 0.544. The molecule has 0 saturated heterocycles. The molecule has 1 aromatic heterocycles. The van der Waals surface area contributed by atoms with Gasteiger partial charge < -0.3 is 10.1 Å². The number of rotatable bonds is 9. The summed E-state index contributed by atoms with van der Waals surface area (Å²) in [7, 11) is -1.54. The fraction of sp³-hybridized carbons (Fsp3) is 0.400. The van der Waals surface area contributed by atoms with Crippen LogP contribution in [0.5, 0.6) is 0 Å². The van der Waals surface area contributed by atoms with E-state index in [0.717, 1.165) is 48.6 Å². The Kier molecular flexibility index (Phi) is 6.37. The first-order chi connectivity index (χ1) is 11.0. The second-order valence-corrected chi connectivity index (χ2v) is 7.72. The summed E-state index contributed by atoms with van der Waals surface area (Å²) in [5.41, 5.74) is 2.37. The number of benzene rings is 1. The molecule has 23 heavy (non-hydrogen) atoms. The highest BCUT2D eigenvalue weighted by Crippen LogP contribution is 2.26. The number of nitrogens with zero attached hydrogens (tertiary/aromatic N) is 1. The number of aromatic nitrogens is 1. The predicted octanol–water partition coefficient (Wildman–Crippen LogP) is 3.02. The molecular weight excluding hydrogens is 334 g/mol. The van der Waals surface area contributed by atoms with Crippen LogP contribution in [0.2, 0.25) is 0 Å². The number of anilines is 2. The SMILES string of the molecule is COCCCCNc1nc(-c2ccc(NS(C)(=O)=O)cc2)cs1. The molecule has 1 aromatic carbocycles. The third kappa shape index (κ3) is 6.17. The van der Waals surface area contributed by atoms with Gasteiger partial charge in [-0.3, -0.25) is 4.72 Å². The van der Waals surface area contributed by atoms with Gasteiger partial charge in [0.1, 0.15) is 0 Å². The van der Waals surface area contributed by atoms with Crippen molar-refractivity contribution < 1.29 is 13.2 Å². The first kappa shape index (κ1) is 17.7. The van der Waals surface area contributed by atoms with Gasteiger partial charge in [0.15, 0.2) is 5.13 Å². The van der Waals surface area contributed by atoms with Crippen LogP contribution in [0.4, 0.5) is 10.8 Å². The zero-order valence-corrected chi connectivity index (χ0v) is 14.8. The average Bonchev–Trinajstić information content (AvgIpc) is 2.95. The lowest BCUT2D eigenvalue weighted by atomic mass is 10.1. The molecular formula is C15H21N3O3S2. The van der Waals surface area contributed by atoms with Gasteiger partial charge in [0.2, 0.25) is 10.0 Å². The van der Waals surface area contributed by atoms with E-state index in [2.05, 4.69) is 15.0 Å². The molecule has 2 rings (SSSR count). The Morgan fingerprint density at radius 2 is 1.96 bits per heavy atom. The Morgan fingerprint density at radius 1 is 1.22 bits per heavy atom. The number of ether oxygens (including phenoxy) is 1. The molecule has 0 spiro atoms. The fourth-order valence-electron chi connectivity index (χ4n) is 1.98. The molecule has 0 fully saturated rings. The quantitative estimate of drug-likeness (QED) is 0.676. The van der Waals surface area contributed by atoms with Crippen LogP contribution >= 0.6 is 11.3 Å². The lowest BCUT2D eigenvalue weighted by Gasteiger charge is -2.04. The Balaban J connectivity index is 1.92. The molecule has 0 saturated carbocycles. The molecule has 0 radical (unpaired) electrons. The molecule has 8 heteroatoms. The van der Waals surface area contributed by atoms with E-state index in [1.807, 2.05) is 17.5 Å². The van der Waals surface area contributed by atoms with Crippen molar-refractivity contribution >= 4 is 32.2 Å². The maximum Gasteiger partial charge on any atom is 0.229 e. The Bertz CT molecular complexity index is 712. The average molecular weight is 355 g/mol. The molecule has 126 valence electrons. The number of unbranched alkanes of at least 4 members (excludes halogenated alkanes) is 1. The minimum Gasteiger partial charge on any atom is -0.385 e. The van der Waals surface area contributed by atoms with Crippen molar-refractivity contribution in [2.75, 3.05) is 36.6 Å². The van der Waals surface area contributed by atoms with Gasteiger partial charge in [-0.1, -0.05) is 12.1 Å². The second kappa shape index (κ2) is 8.28. The van der Waals surface area contributed by atoms with Gasteiger partial charge in [-0.15, -0.1) is 11.3 Å². The van der Waals surface area contributed by atoms with Crippen molar-refractivity contribution in [2.45, 2.75) is 12.8 Å². The van der Waals surface area contributed by atoms with Crippen molar-refractivity contribution in [3.8, 4) is 11.3 Å². The molecule has 0 aliphatic carbocycles. The van der Waals surface area contributed by atoms with Gasteiger partial charge in [-0.05, 0) is 25.0 Å². The lowest BCUT2D eigenvalue weighted by Crippen LogP contribution is -2.09. The summed E-state index contributed by atoms with van der Waals surface area (Å²) in [5, 5.41) is 6.16. The van der Waals surface area contributed by atoms with E-state index in [0.29, 0.717) is 5.69 Å². The van der Waals surface area contributed by atoms with E-state index in [4.69, 9.17) is 4.74 Å². The van der Waals surface area contributed by atoms with Crippen LogP contribution in [-0.4, -0.2) is 39.9 Å². The van der Waals surface area contributed by atoms with E-state index in [9.17, 15) is 8.42 Å². The molecule has 0 bridgehead atoms. The van der Waals surface area contributed by atoms with E-state index in [1.165, 1.54) is 0 Å². The highest BCUT2D eigenvalue weighted by molar-refractivity contribution is 7.92. The standard InChI is InChI=1S/C15H21N3O3S2/c1-21-10-4-3-9-16-15-17-14(11-22-15)12-5-7-13(8-6-12)18-23(2,19)20/h5-8,11,18H,3-4,9-10H2,1-2H3,(H,16,17). The summed E-state index contributed by atoms with van der Waals surface area (Å²) < 4.78 is 29.8. The van der Waals surface area contributed by atoms with E-state index < -0.39 is 10.0 Å². The van der Waals surface area contributed by atoms with E-state index >= 15 is 0 Å². The third-order valence-corrected chi connectivity index (χ3v) is 4.45. The molecule has 0 unspecified atom stereocenters. The van der Waals surface area contributed by atoms with Gasteiger partial charge in [0, 0.05) is 36.9 Å². The van der Waals surface area contributed by atoms with Crippen molar-refractivity contribution in [1.29, 1.82) is 0 Å². The van der Waals surface area contributed by atoms with Crippen LogP contribution in [0.25, 0.3) is 11.3 Å². The number of hydrogen-bond donors (Lipinski definition) is 2. The summed E-state index contributed by atoms with van der Waals surface area (Å²) in [6.45, 7) is 1.65. The summed E-state index contributed by atoms with van der Waals surface area (Å²) >= 11 is 1.56. The molecule has 6 nitrogen and oxygen atoms in total. The van der Waals surface area contributed by atoms with E-state index in [-0.39, 0.29) is 0 Å². The Morgan fingerprint density at radius 3 is 2.61 bits per heavy atom. The van der Waals surface area contributed by atoms with Crippen LogP contribution in [0.1, 0.15) is 12.8 Å². The zero-order valence-electron chi connectivity index (χ0n) is 13.2. The smallest absolute Gasteiger partial charge is 0.229 e. The van der Waals surface area contributed by atoms with Crippen molar-refractivity contribution in [3.05, 3.63) is 29.6 Å². The van der Waals surface area contributed by atoms with Crippen LogP contribution < -0.4 is 10.0 Å². The molecule has 0 aliphatic rings. The predicted molar refractivity (Wildman–Crippen MR) is 95.6 cm³/mol. The van der Waals surface area contributed by atoms with Crippen LogP contribution in [0.3, 0.4) is 0 Å². The Labute approximate surface area is 141 Å². The molecule has 1 heterocycles. The minimum atomic E-state index is -3.25. The summed E-state index contributed by atoms with van der Waals surface area (Å²) in [6.07, 6.45) is 3.19. The molecule has 0 atom stereocenters. The normalized spacial score (nSPS) is 11.4. The number of hydrogen-bond acceptors (Lipinski definition) is 6. The number of thiazole rings is 1. The van der Waals surface area contributed by atoms with Crippen molar-refractivity contribution in [1.82, 2.24) is 4.98 Å². The molecule has 0 amide bonds. The van der Waals surface area contributed by atoms with Gasteiger partial charge in [-0.25, -0.2) is 13.4 Å². The van der Waals surface area contributed by atoms with Crippen molar-refractivity contribution in [2.24, 2.45) is 0 Å². The first-order valence-corrected chi connectivity index (χ1v) is 10.0. The maximum absolute atomic E-state index is 11.2. The van der Waals surface area contributed by atoms with Crippen LogP contribution in [0.15, 0.2) is 29.6 Å². The molecule has 2 N–H and O–H groups in total. The number of methoxy groups -OCH3 is 1. The fourth-order valence-corrected chi connectivity index (χ4v) is 3.29. The van der Waals surface area contributed by atoms with Crippen molar-refractivity contribution in [3.63, 3.8) is 0 Å². The van der Waals surface area contributed by atoms with E-state index in [1.54, 1.807) is 30.6 Å². The van der Waals surface area contributed by atoms with Crippen LogP contribution in [0, 0.1) is 0 Å². The molecule has 0 aliphatic heterocycles. The van der Waals surface area contributed by atoms with Gasteiger partial charge in [0.05, 0.1) is 11.9 Å². The lowest BCUT2D eigenvalue weighted by molar-refractivity contribution is 0.194. The number of nitrogens with one attached hydrogen (secondary N) is 2. The molecule has 2 aromatic rings. The monoisotopic (exact) mass is 355 g/mol. The topological polar surface area (TPSA) is 80.3 Å². The summed E-state index contributed by atoms with van der Waals surface area (Å²) in [5.74, 6) is 0. The largest absolute Gasteiger partial charge is 0.385 e. The highest BCUT2D eigenvalue weighted by atomic mass is 32.2. The van der Waals surface area contributed by atoms with Gasteiger partial charge >= 0.3 is 0 Å². The maximum atomic E-state index is 11.2. The first-order valence-electron chi connectivity index (χ1n) is 7.24. The summed E-state index contributed by atoms with van der Waals surface area (Å²) in [4.78, 5) is 4.54.